The lowest BCUT2D eigenvalue weighted by Gasteiger charge is -2.12. The van der Waals surface area contributed by atoms with E-state index in [1.165, 1.54) is 20.2 Å². The van der Waals surface area contributed by atoms with Crippen molar-refractivity contribution in [3.05, 3.63) is 150 Å². The predicted octanol–water partition coefficient (Wildman–Crippen LogP) is 11.3. The Morgan fingerprint density at radius 2 is 1.14 bits per heavy atom. The van der Waals surface area contributed by atoms with Crippen LogP contribution in [0.3, 0.4) is 0 Å². The summed E-state index contributed by atoms with van der Waals surface area (Å²) in [7, 11) is 0. The summed E-state index contributed by atoms with van der Waals surface area (Å²) in [6.45, 7) is 0. The van der Waals surface area contributed by atoms with E-state index in [1.54, 1.807) is 0 Å². The fourth-order valence-electron chi connectivity index (χ4n) is 5.74. The number of aromatic nitrogens is 3. The maximum atomic E-state index is 5.15. The Hall–Kier alpha value is -4.97. The molecule has 0 radical (unpaired) electrons. The quantitative estimate of drug-likeness (QED) is 0.187. The molecule has 5 aromatic carbocycles. The zero-order valence-corrected chi connectivity index (χ0v) is 25.9. The second-order valence-corrected chi connectivity index (χ2v) is 12.6. The molecule has 44 heavy (non-hydrogen) atoms. The van der Waals surface area contributed by atoms with E-state index in [0.29, 0.717) is 5.82 Å². The molecule has 0 aliphatic carbocycles. The standard InChI is InChI=1S/C39H24BrN3S/c40-31-22-29(26-15-13-25(14-16-26)27-17-19-41-20-18-27)21-30(23-31)34-24-35(43-39(42-34)28-7-2-1-3-8-28)32-10-6-12-37-38(32)33-9-4-5-11-36(33)44-37/h1-24H. The van der Waals surface area contributed by atoms with Gasteiger partial charge in [0.15, 0.2) is 5.82 Å². The zero-order chi connectivity index (χ0) is 29.5. The highest BCUT2D eigenvalue weighted by Gasteiger charge is 2.16. The van der Waals surface area contributed by atoms with Gasteiger partial charge in [0.05, 0.1) is 11.4 Å². The Morgan fingerprint density at radius 3 is 1.95 bits per heavy atom. The van der Waals surface area contributed by atoms with Crippen LogP contribution in [0.4, 0.5) is 0 Å². The summed E-state index contributed by atoms with van der Waals surface area (Å²) >= 11 is 5.61. The molecule has 8 rings (SSSR count). The van der Waals surface area contributed by atoms with Gasteiger partial charge in [-0.2, -0.15) is 0 Å². The van der Waals surface area contributed by atoms with E-state index in [9.17, 15) is 0 Å². The Bertz CT molecular complexity index is 2280. The van der Waals surface area contributed by atoms with E-state index in [0.717, 1.165) is 54.8 Å². The van der Waals surface area contributed by atoms with Crippen molar-refractivity contribution >= 4 is 47.4 Å². The van der Waals surface area contributed by atoms with Crippen LogP contribution in [-0.4, -0.2) is 15.0 Å². The van der Waals surface area contributed by atoms with Crippen LogP contribution in [0.2, 0.25) is 0 Å². The normalized spacial score (nSPS) is 11.3. The summed E-state index contributed by atoms with van der Waals surface area (Å²) in [5, 5.41) is 2.49. The van der Waals surface area contributed by atoms with Crippen LogP contribution in [0.25, 0.3) is 76.3 Å². The molecule has 0 N–H and O–H groups in total. The minimum atomic E-state index is 0.706. The number of hydrogen-bond acceptors (Lipinski definition) is 4. The summed E-state index contributed by atoms with van der Waals surface area (Å²) in [6.07, 6.45) is 3.65. The summed E-state index contributed by atoms with van der Waals surface area (Å²) in [5.41, 5.74) is 9.47. The van der Waals surface area contributed by atoms with Crippen LogP contribution in [-0.2, 0) is 0 Å². The first-order chi connectivity index (χ1) is 21.7. The van der Waals surface area contributed by atoms with E-state index in [2.05, 4.69) is 124 Å². The first-order valence-electron chi connectivity index (χ1n) is 14.4. The van der Waals surface area contributed by atoms with Crippen molar-refractivity contribution < 1.29 is 0 Å². The molecule has 0 bridgehead atoms. The van der Waals surface area contributed by atoms with Gasteiger partial charge in [-0.1, -0.05) is 101 Å². The SMILES string of the molecule is Brc1cc(-c2ccc(-c3ccncc3)cc2)cc(-c2cc(-c3cccc4sc5ccccc5c34)nc(-c3ccccc3)n2)c1. The predicted molar refractivity (Wildman–Crippen MR) is 188 cm³/mol. The van der Waals surface area contributed by atoms with Crippen molar-refractivity contribution in [1.82, 2.24) is 15.0 Å². The summed E-state index contributed by atoms with van der Waals surface area (Å²) in [6, 6.07) is 46.7. The number of fused-ring (bicyclic) bond motifs is 3. The molecule has 3 heterocycles. The number of benzene rings is 5. The monoisotopic (exact) mass is 645 g/mol. The lowest BCUT2D eigenvalue weighted by molar-refractivity contribution is 1.18. The third kappa shape index (κ3) is 5.00. The van der Waals surface area contributed by atoms with Gasteiger partial charge >= 0.3 is 0 Å². The Labute approximate surface area is 267 Å². The van der Waals surface area contributed by atoms with E-state index < -0.39 is 0 Å². The van der Waals surface area contributed by atoms with Crippen LogP contribution in [0.1, 0.15) is 0 Å². The van der Waals surface area contributed by atoms with Crippen LogP contribution < -0.4 is 0 Å². The van der Waals surface area contributed by atoms with Crippen LogP contribution in [0, 0.1) is 0 Å². The molecular weight excluding hydrogens is 622 g/mol. The summed E-state index contributed by atoms with van der Waals surface area (Å²) in [4.78, 5) is 14.4. The Morgan fingerprint density at radius 1 is 0.477 bits per heavy atom. The van der Waals surface area contributed by atoms with E-state index in [4.69, 9.17) is 9.97 Å². The van der Waals surface area contributed by atoms with Gasteiger partial charge in [-0.3, -0.25) is 4.98 Å². The molecule has 0 fully saturated rings. The number of pyridine rings is 1. The molecule has 0 aliphatic heterocycles. The zero-order valence-electron chi connectivity index (χ0n) is 23.5. The number of hydrogen-bond donors (Lipinski definition) is 0. The van der Waals surface area contributed by atoms with Gasteiger partial charge in [-0.05, 0) is 70.8 Å². The van der Waals surface area contributed by atoms with Gasteiger partial charge in [0.2, 0.25) is 0 Å². The van der Waals surface area contributed by atoms with Gasteiger partial charge in [0.25, 0.3) is 0 Å². The van der Waals surface area contributed by atoms with Crippen LogP contribution in [0.15, 0.2) is 150 Å². The number of nitrogens with zero attached hydrogens (tertiary/aromatic N) is 3. The maximum absolute atomic E-state index is 5.15. The number of rotatable bonds is 5. The fourth-order valence-corrected chi connectivity index (χ4v) is 7.37. The lowest BCUT2D eigenvalue weighted by Crippen LogP contribution is -1.96. The average molecular weight is 647 g/mol. The molecule has 3 nitrogen and oxygen atoms in total. The molecule has 0 unspecified atom stereocenters. The fraction of sp³-hybridized carbons (Fsp3) is 0. The molecular formula is C39H24BrN3S. The first kappa shape index (κ1) is 26.6. The summed E-state index contributed by atoms with van der Waals surface area (Å²) in [5.74, 6) is 0.706. The van der Waals surface area contributed by atoms with Crippen molar-refractivity contribution in [2.75, 3.05) is 0 Å². The molecule has 0 saturated heterocycles. The van der Waals surface area contributed by atoms with E-state index in [1.807, 2.05) is 54.1 Å². The molecule has 208 valence electrons. The maximum Gasteiger partial charge on any atom is 0.160 e. The van der Waals surface area contributed by atoms with Gasteiger partial charge in [0.1, 0.15) is 0 Å². The molecule has 0 aliphatic rings. The molecule has 0 amide bonds. The molecule has 3 aromatic heterocycles. The molecule has 5 heteroatoms. The van der Waals surface area contributed by atoms with Gasteiger partial charge in [-0.15, -0.1) is 11.3 Å². The van der Waals surface area contributed by atoms with Crippen molar-refractivity contribution in [3.63, 3.8) is 0 Å². The minimum absolute atomic E-state index is 0.706. The van der Waals surface area contributed by atoms with Crippen LogP contribution in [0.5, 0.6) is 0 Å². The smallest absolute Gasteiger partial charge is 0.160 e. The topological polar surface area (TPSA) is 38.7 Å². The van der Waals surface area contributed by atoms with Gasteiger partial charge < -0.3 is 0 Å². The van der Waals surface area contributed by atoms with Gasteiger partial charge in [0, 0.05) is 53.7 Å². The average Bonchev–Trinajstić information content (AvgIpc) is 3.48. The van der Waals surface area contributed by atoms with E-state index >= 15 is 0 Å². The van der Waals surface area contributed by atoms with E-state index in [-0.39, 0.29) is 0 Å². The third-order valence-corrected chi connectivity index (χ3v) is 9.46. The van der Waals surface area contributed by atoms with Crippen molar-refractivity contribution in [3.8, 4) is 56.2 Å². The Balaban J connectivity index is 1.29. The minimum Gasteiger partial charge on any atom is -0.265 e. The molecule has 0 spiro atoms. The highest BCUT2D eigenvalue weighted by molar-refractivity contribution is 9.10. The second-order valence-electron chi connectivity index (χ2n) is 10.6. The lowest BCUT2D eigenvalue weighted by atomic mass is 9.98. The highest BCUT2D eigenvalue weighted by atomic mass is 79.9. The first-order valence-corrected chi connectivity index (χ1v) is 16.0. The van der Waals surface area contributed by atoms with Crippen molar-refractivity contribution in [1.29, 1.82) is 0 Å². The second kappa shape index (κ2) is 11.3. The van der Waals surface area contributed by atoms with Gasteiger partial charge in [-0.25, -0.2) is 9.97 Å². The summed E-state index contributed by atoms with van der Waals surface area (Å²) < 4.78 is 3.53. The number of halogens is 1. The number of thiophene rings is 1. The Kier molecular flexibility index (Phi) is 6.82. The van der Waals surface area contributed by atoms with Crippen molar-refractivity contribution in [2.45, 2.75) is 0 Å². The molecule has 0 saturated carbocycles. The molecule has 8 aromatic rings. The largest absolute Gasteiger partial charge is 0.265 e. The van der Waals surface area contributed by atoms with Crippen LogP contribution >= 0.6 is 27.3 Å². The molecule has 0 atom stereocenters. The highest BCUT2D eigenvalue weighted by Crippen LogP contribution is 2.41. The third-order valence-electron chi connectivity index (χ3n) is 7.86. The van der Waals surface area contributed by atoms with Crippen molar-refractivity contribution in [2.24, 2.45) is 0 Å².